The summed E-state index contributed by atoms with van der Waals surface area (Å²) < 4.78 is 0. The van der Waals surface area contributed by atoms with Crippen molar-refractivity contribution in [3.05, 3.63) is 0 Å². The third kappa shape index (κ3) is 2.94. The van der Waals surface area contributed by atoms with Gasteiger partial charge in [0.05, 0.1) is 6.04 Å². The van der Waals surface area contributed by atoms with Crippen molar-refractivity contribution < 1.29 is 4.79 Å². The average Bonchev–Trinajstić information content (AvgIpc) is 2.50. The Hall–Kier alpha value is -0.570. The lowest BCUT2D eigenvalue weighted by molar-refractivity contribution is -0.135. The maximum atomic E-state index is 12.2. The molecule has 15 heavy (non-hydrogen) atoms. The van der Waals surface area contributed by atoms with Crippen molar-refractivity contribution in [3.8, 4) is 0 Å². The molecule has 1 rings (SSSR count). The molecule has 1 heterocycles. The number of rotatable bonds is 2. The molecular formula is C12H24N2O. The first-order valence-electron chi connectivity index (χ1n) is 5.82. The van der Waals surface area contributed by atoms with Gasteiger partial charge in [-0.15, -0.1) is 0 Å². The van der Waals surface area contributed by atoms with E-state index in [9.17, 15) is 4.79 Å². The molecule has 0 aromatic carbocycles. The number of carbonyl (C=O) groups is 1. The topological polar surface area (TPSA) is 32.3 Å². The second-order valence-corrected chi connectivity index (χ2v) is 5.77. The lowest BCUT2D eigenvalue weighted by atomic mass is 9.86. The zero-order chi connectivity index (χ0) is 11.6. The van der Waals surface area contributed by atoms with Crippen molar-refractivity contribution in [2.75, 3.05) is 20.1 Å². The van der Waals surface area contributed by atoms with Gasteiger partial charge in [-0.2, -0.15) is 0 Å². The molecule has 0 aromatic rings. The fraction of sp³-hybridized carbons (Fsp3) is 0.917. The van der Waals surface area contributed by atoms with Gasteiger partial charge in [0.25, 0.3) is 0 Å². The number of likely N-dealkylation sites (N-methyl/N-ethyl adjacent to an activating group) is 1. The van der Waals surface area contributed by atoms with E-state index in [4.69, 9.17) is 0 Å². The van der Waals surface area contributed by atoms with Crippen LogP contribution >= 0.6 is 0 Å². The van der Waals surface area contributed by atoms with Crippen molar-refractivity contribution in [1.29, 1.82) is 0 Å². The Bertz CT molecular complexity index is 232. The van der Waals surface area contributed by atoms with E-state index in [1.165, 1.54) is 0 Å². The van der Waals surface area contributed by atoms with Gasteiger partial charge in [0.2, 0.25) is 5.91 Å². The van der Waals surface area contributed by atoms with Crippen LogP contribution in [0, 0.1) is 11.3 Å². The summed E-state index contributed by atoms with van der Waals surface area (Å²) in [5, 5.41) is 3.14. The van der Waals surface area contributed by atoms with Gasteiger partial charge in [-0.25, -0.2) is 0 Å². The van der Waals surface area contributed by atoms with Crippen LogP contribution in [0.1, 0.15) is 34.1 Å². The first-order chi connectivity index (χ1) is 6.86. The minimum absolute atomic E-state index is 0.0162. The summed E-state index contributed by atoms with van der Waals surface area (Å²) in [6, 6.07) is -0.0669. The molecule has 0 radical (unpaired) electrons. The third-order valence-corrected chi connectivity index (χ3v) is 3.14. The molecule has 0 bridgehead atoms. The van der Waals surface area contributed by atoms with Crippen LogP contribution in [0.4, 0.5) is 0 Å². The molecule has 0 saturated carbocycles. The van der Waals surface area contributed by atoms with Crippen molar-refractivity contribution in [3.63, 3.8) is 0 Å². The number of hydrogen-bond acceptors (Lipinski definition) is 2. The van der Waals surface area contributed by atoms with E-state index in [1.807, 2.05) is 11.9 Å². The Labute approximate surface area is 93.2 Å². The summed E-state index contributed by atoms with van der Waals surface area (Å²) in [6.07, 6.45) is 1.15. The molecule has 3 heteroatoms. The highest BCUT2D eigenvalue weighted by Gasteiger charge is 2.35. The highest BCUT2D eigenvalue weighted by atomic mass is 16.2. The Morgan fingerprint density at radius 1 is 1.47 bits per heavy atom. The second-order valence-electron chi connectivity index (χ2n) is 5.77. The van der Waals surface area contributed by atoms with Crippen LogP contribution in [0.3, 0.4) is 0 Å². The molecule has 0 unspecified atom stereocenters. The van der Waals surface area contributed by atoms with Crippen LogP contribution in [0.25, 0.3) is 0 Å². The van der Waals surface area contributed by atoms with Crippen LogP contribution in [0.15, 0.2) is 0 Å². The van der Waals surface area contributed by atoms with Crippen LogP contribution < -0.4 is 5.32 Å². The largest absolute Gasteiger partial charge is 0.341 e. The number of nitrogens with zero attached hydrogens (tertiary/aromatic N) is 1. The predicted molar refractivity (Wildman–Crippen MR) is 62.7 cm³/mol. The predicted octanol–water partition coefficient (Wildman–Crippen LogP) is 1.49. The van der Waals surface area contributed by atoms with Gasteiger partial charge in [-0.05, 0) is 24.8 Å². The molecule has 1 aliphatic rings. The smallest absolute Gasteiger partial charge is 0.240 e. The Morgan fingerprint density at radius 2 is 2.07 bits per heavy atom. The van der Waals surface area contributed by atoms with E-state index in [0.29, 0.717) is 5.92 Å². The molecule has 1 N–H and O–H groups in total. The van der Waals surface area contributed by atoms with Crippen molar-refractivity contribution >= 4 is 5.91 Å². The summed E-state index contributed by atoms with van der Waals surface area (Å²) >= 11 is 0. The molecule has 2 atom stereocenters. The first-order valence-corrected chi connectivity index (χ1v) is 5.82. The molecular weight excluding hydrogens is 188 g/mol. The van der Waals surface area contributed by atoms with E-state index in [2.05, 4.69) is 33.0 Å². The molecule has 1 fully saturated rings. The van der Waals surface area contributed by atoms with E-state index in [-0.39, 0.29) is 17.4 Å². The molecule has 1 aliphatic heterocycles. The lowest BCUT2D eigenvalue weighted by Gasteiger charge is -2.32. The Balaban J connectivity index is 2.66. The summed E-state index contributed by atoms with van der Waals surface area (Å²) in [4.78, 5) is 14.2. The highest BCUT2D eigenvalue weighted by molar-refractivity contribution is 5.83. The van der Waals surface area contributed by atoms with Crippen molar-refractivity contribution in [2.45, 2.75) is 40.2 Å². The standard InChI is InChI=1S/C12H24N2O/c1-9-6-7-14(8-9)11(15)10(13-5)12(2,3)4/h9-10,13H,6-8H2,1-5H3/t9-,10-/m1/s1. The van der Waals surface area contributed by atoms with Gasteiger partial charge in [-0.3, -0.25) is 4.79 Å². The fourth-order valence-corrected chi connectivity index (χ4v) is 2.24. The molecule has 1 saturated heterocycles. The molecule has 0 aromatic heterocycles. The highest BCUT2D eigenvalue weighted by Crippen LogP contribution is 2.23. The SMILES string of the molecule is CN[C@H](C(=O)N1CC[C@@H](C)C1)C(C)(C)C. The summed E-state index contributed by atoms with van der Waals surface area (Å²) in [7, 11) is 1.87. The zero-order valence-corrected chi connectivity index (χ0v) is 10.6. The second kappa shape index (κ2) is 4.52. The number of amides is 1. The minimum atomic E-state index is -0.0669. The van der Waals surface area contributed by atoms with Gasteiger partial charge in [0.1, 0.15) is 0 Å². The van der Waals surface area contributed by atoms with Crippen LogP contribution in [0.5, 0.6) is 0 Å². The first kappa shape index (κ1) is 12.5. The number of hydrogen-bond donors (Lipinski definition) is 1. The van der Waals surface area contributed by atoms with Gasteiger partial charge >= 0.3 is 0 Å². The van der Waals surface area contributed by atoms with Gasteiger partial charge < -0.3 is 10.2 Å². The number of nitrogens with one attached hydrogen (secondary N) is 1. The molecule has 3 nitrogen and oxygen atoms in total. The average molecular weight is 212 g/mol. The fourth-order valence-electron chi connectivity index (χ4n) is 2.24. The quantitative estimate of drug-likeness (QED) is 0.752. The van der Waals surface area contributed by atoms with Crippen molar-refractivity contribution in [2.24, 2.45) is 11.3 Å². The number of likely N-dealkylation sites (tertiary alicyclic amines) is 1. The van der Waals surface area contributed by atoms with Crippen molar-refractivity contribution in [1.82, 2.24) is 10.2 Å². The lowest BCUT2D eigenvalue weighted by Crippen LogP contribution is -2.51. The summed E-state index contributed by atoms with van der Waals surface area (Å²) in [6.45, 7) is 10.4. The molecule has 0 aliphatic carbocycles. The van der Waals surface area contributed by atoms with Crippen LogP contribution in [0.2, 0.25) is 0 Å². The van der Waals surface area contributed by atoms with E-state index in [1.54, 1.807) is 0 Å². The molecule has 1 amide bonds. The van der Waals surface area contributed by atoms with Crippen LogP contribution in [-0.4, -0.2) is 37.0 Å². The Kier molecular flexibility index (Phi) is 3.77. The van der Waals surface area contributed by atoms with Crippen LogP contribution in [-0.2, 0) is 4.79 Å². The maximum absolute atomic E-state index is 12.2. The van der Waals surface area contributed by atoms with Gasteiger partial charge in [0.15, 0.2) is 0 Å². The summed E-state index contributed by atoms with van der Waals surface area (Å²) in [5.41, 5.74) is -0.0162. The zero-order valence-electron chi connectivity index (χ0n) is 10.6. The van der Waals surface area contributed by atoms with E-state index < -0.39 is 0 Å². The summed E-state index contributed by atoms with van der Waals surface area (Å²) in [5.74, 6) is 0.917. The van der Waals surface area contributed by atoms with E-state index in [0.717, 1.165) is 19.5 Å². The molecule has 0 spiro atoms. The Morgan fingerprint density at radius 3 is 2.40 bits per heavy atom. The van der Waals surface area contributed by atoms with Gasteiger partial charge in [-0.1, -0.05) is 27.7 Å². The van der Waals surface area contributed by atoms with E-state index >= 15 is 0 Å². The van der Waals surface area contributed by atoms with Gasteiger partial charge in [0, 0.05) is 13.1 Å². The third-order valence-electron chi connectivity index (χ3n) is 3.14. The monoisotopic (exact) mass is 212 g/mol. The molecule has 88 valence electrons. The maximum Gasteiger partial charge on any atom is 0.240 e. The number of carbonyl (C=O) groups excluding carboxylic acids is 1. The minimum Gasteiger partial charge on any atom is -0.341 e. The normalized spacial score (nSPS) is 24.3.